The number of amides is 1. The Balaban J connectivity index is 1.26. The molecular formula is C29H40F2N6O3. The summed E-state index contributed by atoms with van der Waals surface area (Å²) >= 11 is 0. The molecule has 2 saturated heterocycles. The molecule has 2 aromatic rings. The summed E-state index contributed by atoms with van der Waals surface area (Å²) in [6.45, 7) is 11.1. The van der Waals surface area contributed by atoms with Gasteiger partial charge >= 0.3 is 6.09 Å². The number of dihydropyridines is 1. The van der Waals surface area contributed by atoms with Gasteiger partial charge in [0.2, 0.25) is 0 Å². The Hall–Kier alpha value is -3.05. The van der Waals surface area contributed by atoms with E-state index in [-0.39, 0.29) is 11.5 Å². The Morgan fingerprint density at radius 3 is 2.52 bits per heavy atom. The van der Waals surface area contributed by atoms with Crippen LogP contribution in [0.2, 0.25) is 0 Å². The van der Waals surface area contributed by atoms with Gasteiger partial charge in [0.1, 0.15) is 0 Å². The Labute approximate surface area is 234 Å². The molecule has 9 nitrogen and oxygen atoms in total. The van der Waals surface area contributed by atoms with Crippen LogP contribution in [-0.4, -0.2) is 108 Å². The standard InChI is InChI=1S/C29H40F2N6O3/c1-4-40-29(8-11-34(12-9-29)21(2)3)23-5-6-24(32-18-23)22-17-26-25(7-10-33-37(26)19-22)35-13-15-36(16-14-35)28(38)39-20-27(30)31/h5-7,10,17,19,21,23,27H,4,8-9,11-16,18,20H2,1-3H3. The molecule has 1 unspecified atom stereocenters. The van der Waals surface area contributed by atoms with E-state index in [1.54, 1.807) is 6.20 Å². The molecule has 0 N–H and O–H groups in total. The van der Waals surface area contributed by atoms with Gasteiger partial charge < -0.3 is 24.2 Å². The molecule has 5 rings (SSSR count). The first kappa shape index (κ1) is 28.5. The first-order valence-electron chi connectivity index (χ1n) is 14.3. The molecular weight excluding hydrogens is 518 g/mol. The van der Waals surface area contributed by atoms with Crippen LogP contribution in [0.15, 0.2) is 41.7 Å². The van der Waals surface area contributed by atoms with Crippen LogP contribution in [0, 0.1) is 5.92 Å². The van der Waals surface area contributed by atoms with Crippen molar-refractivity contribution in [3.63, 3.8) is 0 Å². The van der Waals surface area contributed by atoms with Crippen LogP contribution in [0.5, 0.6) is 0 Å². The summed E-state index contributed by atoms with van der Waals surface area (Å²) in [5.41, 5.74) is 3.73. The summed E-state index contributed by atoms with van der Waals surface area (Å²) in [6.07, 6.45) is 6.84. The minimum atomic E-state index is -2.66. The number of fused-ring (bicyclic) bond motifs is 1. The molecule has 1 amide bonds. The lowest BCUT2D eigenvalue weighted by Gasteiger charge is -2.46. The highest BCUT2D eigenvalue weighted by atomic mass is 19.3. The Morgan fingerprint density at radius 1 is 1.15 bits per heavy atom. The zero-order valence-corrected chi connectivity index (χ0v) is 23.6. The second-order valence-electron chi connectivity index (χ2n) is 11.0. The quantitative estimate of drug-likeness (QED) is 0.486. The summed E-state index contributed by atoms with van der Waals surface area (Å²) < 4.78 is 37.7. The summed E-state index contributed by atoms with van der Waals surface area (Å²) in [5.74, 6) is 0.250. The molecule has 218 valence electrons. The topological polar surface area (TPSA) is 74.9 Å². The lowest BCUT2D eigenvalue weighted by atomic mass is 9.77. The minimum Gasteiger partial charge on any atom is -0.443 e. The molecule has 0 spiro atoms. The number of aromatic nitrogens is 2. The maximum Gasteiger partial charge on any atom is 0.410 e. The molecule has 0 aliphatic carbocycles. The number of piperazine rings is 1. The fourth-order valence-electron chi connectivity index (χ4n) is 6.14. The monoisotopic (exact) mass is 558 g/mol. The number of hydrogen-bond donors (Lipinski definition) is 0. The molecule has 0 radical (unpaired) electrons. The van der Waals surface area contributed by atoms with E-state index in [1.807, 2.05) is 16.8 Å². The molecule has 0 saturated carbocycles. The van der Waals surface area contributed by atoms with Crippen LogP contribution < -0.4 is 4.90 Å². The van der Waals surface area contributed by atoms with E-state index < -0.39 is 19.1 Å². The number of nitrogens with zero attached hydrogens (tertiary/aromatic N) is 6. The van der Waals surface area contributed by atoms with Crippen molar-refractivity contribution in [3.05, 3.63) is 42.2 Å². The molecule has 2 fully saturated rings. The summed E-state index contributed by atoms with van der Waals surface area (Å²) in [6, 6.07) is 4.62. The number of piperidine rings is 1. The van der Waals surface area contributed by atoms with E-state index in [0.717, 1.165) is 48.4 Å². The number of hydrogen-bond acceptors (Lipinski definition) is 7. The number of carbonyl (C=O) groups is 1. The molecule has 3 aliphatic rings. The fraction of sp³-hybridized carbons (Fsp3) is 0.621. The Morgan fingerprint density at radius 2 is 1.90 bits per heavy atom. The van der Waals surface area contributed by atoms with Crippen molar-refractivity contribution in [3.8, 4) is 0 Å². The Kier molecular flexibility index (Phi) is 8.70. The van der Waals surface area contributed by atoms with Crippen LogP contribution >= 0.6 is 0 Å². The smallest absolute Gasteiger partial charge is 0.410 e. The van der Waals surface area contributed by atoms with Crippen molar-refractivity contribution in [1.29, 1.82) is 0 Å². The molecule has 1 atom stereocenters. The number of aliphatic imine (C=N–C) groups is 1. The van der Waals surface area contributed by atoms with Gasteiger partial charge in [-0.15, -0.1) is 0 Å². The van der Waals surface area contributed by atoms with Crippen molar-refractivity contribution in [2.45, 2.75) is 51.7 Å². The van der Waals surface area contributed by atoms with Gasteiger partial charge in [-0.25, -0.2) is 18.1 Å². The fourth-order valence-corrected chi connectivity index (χ4v) is 6.14. The van der Waals surface area contributed by atoms with Gasteiger partial charge in [0.05, 0.1) is 22.5 Å². The molecule has 2 aromatic heterocycles. The van der Waals surface area contributed by atoms with Gasteiger partial charge in [-0.3, -0.25) is 4.99 Å². The molecule has 5 heterocycles. The maximum absolute atomic E-state index is 12.4. The van der Waals surface area contributed by atoms with Crippen LogP contribution in [0.4, 0.5) is 19.3 Å². The zero-order chi connectivity index (χ0) is 28.3. The van der Waals surface area contributed by atoms with Crippen LogP contribution in [0.3, 0.4) is 0 Å². The first-order valence-corrected chi connectivity index (χ1v) is 14.3. The zero-order valence-electron chi connectivity index (χ0n) is 23.6. The molecule has 40 heavy (non-hydrogen) atoms. The number of carbonyl (C=O) groups excluding carboxylic acids is 1. The number of ether oxygens (including phenoxy) is 2. The van der Waals surface area contributed by atoms with Gasteiger partial charge in [0, 0.05) is 82.3 Å². The van der Waals surface area contributed by atoms with Gasteiger partial charge in [0.15, 0.2) is 6.61 Å². The van der Waals surface area contributed by atoms with E-state index in [0.29, 0.717) is 45.4 Å². The van der Waals surface area contributed by atoms with Crippen molar-refractivity contribution < 1.29 is 23.0 Å². The minimum absolute atomic E-state index is 0.167. The molecule has 11 heteroatoms. The normalized spacial score (nSPS) is 21.9. The maximum atomic E-state index is 12.4. The van der Waals surface area contributed by atoms with Crippen molar-refractivity contribution >= 4 is 23.0 Å². The van der Waals surface area contributed by atoms with E-state index >= 15 is 0 Å². The number of likely N-dealkylation sites (tertiary alicyclic amines) is 1. The second-order valence-corrected chi connectivity index (χ2v) is 11.0. The second kappa shape index (κ2) is 12.2. The van der Waals surface area contributed by atoms with E-state index in [4.69, 9.17) is 9.73 Å². The SMILES string of the molecule is CCOC1(C2C=CC(c3cc4c(N5CCN(C(=O)OCC(F)F)CC5)ccnn4c3)=NC2)CCN(C(C)C)CC1. The number of allylic oxidation sites excluding steroid dienone is 1. The molecule has 3 aliphatic heterocycles. The van der Waals surface area contributed by atoms with Gasteiger partial charge in [-0.05, 0) is 51.8 Å². The number of halogens is 2. The largest absolute Gasteiger partial charge is 0.443 e. The van der Waals surface area contributed by atoms with Crippen molar-refractivity contribution in [1.82, 2.24) is 19.4 Å². The van der Waals surface area contributed by atoms with Crippen LogP contribution in [0.25, 0.3) is 5.52 Å². The third-order valence-electron chi connectivity index (χ3n) is 8.42. The summed E-state index contributed by atoms with van der Waals surface area (Å²) in [4.78, 5) is 23.2. The van der Waals surface area contributed by atoms with Crippen molar-refractivity contribution in [2.24, 2.45) is 10.9 Å². The summed E-state index contributed by atoms with van der Waals surface area (Å²) in [5, 5.41) is 4.51. The highest BCUT2D eigenvalue weighted by molar-refractivity contribution is 6.10. The average Bonchev–Trinajstić information content (AvgIpc) is 3.41. The predicted octanol–water partition coefficient (Wildman–Crippen LogP) is 4.11. The van der Waals surface area contributed by atoms with Crippen LogP contribution in [-0.2, 0) is 9.47 Å². The first-order chi connectivity index (χ1) is 19.3. The van der Waals surface area contributed by atoms with Gasteiger partial charge in [0.25, 0.3) is 6.43 Å². The lowest BCUT2D eigenvalue weighted by molar-refractivity contribution is -0.107. The van der Waals surface area contributed by atoms with E-state index in [2.05, 4.69) is 58.6 Å². The van der Waals surface area contributed by atoms with Gasteiger partial charge in [-0.1, -0.05) is 6.08 Å². The van der Waals surface area contributed by atoms with E-state index in [1.165, 1.54) is 4.90 Å². The van der Waals surface area contributed by atoms with E-state index in [9.17, 15) is 13.6 Å². The molecule has 0 aromatic carbocycles. The van der Waals surface area contributed by atoms with Gasteiger partial charge in [-0.2, -0.15) is 5.10 Å². The Bertz CT molecular complexity index is 1230. The third-order valence-corrected chi connectivity index (χ3v) is 8.42. The number of alkyl halides is 2. The van der Waals surface area contributed by atoms with Crippen molar-refractivity contribution in [2.75, 3.05) is 63.9 Å². The lowest BCUT2D eigenvalue weighted by Crippen LogP contribution is -2.52. The average molecular weight is 559 g/mol. The highest BCUT2D eigenvalue weighted by Gasteiger charge is 2.42. The van der Waals surface area contributed by atoms with Crippen LogP contribution in [0.1, 0.15) is 39.2 Å². The summed E-state index contributed by atoms with van der Waals surface area (Å²) in [7, 11) is 0. The number of rotatable bonds is 8. The predicted molar refractivity (Wildman–Crippen MR) is 151 cm³/mol. The number of anilines is 1. The highest BCUT2D eigenvalue weighted by Crippen LogP contribution is 2.37. The third kappa shape index (κ3) is 6.00. The molecule has 0 bridgehead atoms.